The lowest BCUT2D eigenvalue weighted by Gasteiger charge is -2.35. The maximum atomic E-state index is 12.7. The Morgan fingerprint density at radius 2 is 2.24 bits per heavy atom. The zero-order valence-electron chi connectivity index (χ0n) is 12.4. The van der Waals surface area contributed by atoms with Crippen LogP contribution in [0.1, 0.15) is 36.8 Å². The summed E-state index contributed by atoms with van der Waals surface area (Å²) < 4.78 is 0. The Bertz CT molecular complexity index is 527. The number of carboxylic acids is 1. The van der Waals surface area contributed by atoms with Crippen LogP contribution in [0.25, 0.3) is 0 Å². The molecule has 0 bridgehead atoms. The molecule has 0 radical (unpaired) electrons. The van der Waals surface area contributed by atoms with Crippen molar-refractivity contribution < 1.29 is 14.7 Å². The molecule has 3 N–H and O–H groups in total. The lowest BCUT2D eigenvalue weighted by Crippen LogP contribution is -2.47. The number of hydrogen-bond donors (Lipinski definition) is 2. The highest BCUT2D eigenvalue weighted by Gasteiger charge is 2.38. The van der Waals surface area contributed by atoms with Gasteiger partial charge in [0.15, 0.2) is 6.04 Å². The summed E-state index contributed by atoms with van der Waals surface area (Å²) in [5.41, 5.74) is 6.49. The number of hydrogen-bond acceptors (Lipinski definition) is 4. The Morgan fingerprint density at radius 1 is 1.52 bits per heavy atom. The Hall–Kier alpha value is -1.40. The molecule has 0 saturated heterocycles. The van der Waals surface area contributed by atoms with Crippen LogP contribution in [-0.2, 0) is 16.0 Å². The summed E-state index contributed by atoms with van der Waals surface area (Å²) >= 11 is 1.56. The molecule has 116 valence electrons. The van der Waals surface area contributed by atoms with Crippen molar-refractivity contribution in [2.24, 2.45) is 17.6 Å². The van der Waals surface area contributed by atoms with Crippen molar-refractivity contribution in [2.45, 2.75) is 32.7 Å². The molecule has 5 nitrogen and oxygen atoms in total. The molecular formula is C15H22N2O3S. The van der Waals surface area contributed by atoms with Crippen LogP contribution in [0.4, 0.5) is 0 Å². The van der Waals surface area contributed by atoms with Crippen molar-refractivity contribution in [3.8, 4) is 0 Å². The van der Waals surface area contributed by atoms with Gasteiger partial charge < -0.3 is 15.7 Å². The van der Waals surface area contributed by atoms with Gasteiger partial charge in [-0.05, 0) is 35.8 Å². The highest BCUT2D eigenvalue weighted by Crippen LogP contribution is 2.34. The van der Waals surface area contributed by atoms with E-state index in [0.29, 0.717) is 18.9 Å². The van der Waals surface area contributed by atoms with Gasteiger partial charge >= 0.3 is 5.97 Å². The zero-order valence-corrected chi connectivity index (χ0v) is 13.2. The van der Waals surface area contributed by atoms with Gasteiger partial charge in [-0.2, -0.15) is 0 Å². The molecule has 1 amide bonds. The number of aliphatic carboxylic acids is 1. The molecule has 0 aromatic carbocycles. The molecule has 6 heteroatoms. The first-order chi connectivity index (χ1) is 9.95. The third-order valence-electron chi connectivity index (χ3n) is 3.87. The fourth-order valence-electron chi connectivity index (χ4n) is 2.92. The largest absolute Gasteiger partial charge is 0.479 e. The van der Waals surface area contributed by atoms with Crippen molar-refractivity contribution in [1.29, 1.82) is 0 Å². The molecule has 0 spiro atoms. The van der Waals surface area contributed by atoms with Gasteiger partial charge in [-0.1, -0.05) is 13.8 Å². The quantitative estimate of drug-likeness (QED) is 0.870. The zero-order chi connectivity index (χ0) is 15.6. The number of rotatable bonds is 5. The maximum Gasteiger partial charge on any atom is 0.331 e. The first kappa shape index (κ1) is 16.0. The molecule has 0 fully saturated rings. The van der Waals surface area contributed by atoms with Crippen molar-refractivity contribution in [3.05, 3.63) is 21.9 Å². The maximum absolute atomic E-state index is 12.7. The van der Waals surface area contributed by atoms with E-state index in [1.54, 1.807) is 11.3 Å². The first-order valence-corrected chi connectivity index (χ1v) is 8.13. The summed E-state index contributed by atoms with van der Waals surface area (Å²) in [4.78, 5) is 26.9. The standard InChI is InChI=1S/C15H22N2O3S/c1-9(2)7-10(8-16)14(18)17-5-3-12-11(4-6-21-12)13(17)15(19)20/h4,6,9-10,13H,3,5,7-8,16H2,1-2H3,(H,19,20). The molecule has 2 unspecified atom stereocenters. The summed E-state index contributed by atoms with van der Waals surface area (Å²) in [6.45, 7) is 4.80. The third kappa shape index (κ3) is 3.27. The van der Waals surface area contributed by atoms with E-state index in [2.05, 4.69) is 0 Å². The summed E-state index contributed by atoms with van der Waals surface area (Å²) in [5, 5.41) is 11.4. The number of amides is 1. The second-order valence-corrected chi connectivity index (χ2v) is 6.88. The second-order valence-electron chi connectivity index (χ2n) is 5.88. The van der Waals surface area contributed by atoms with E-state index in [-0.39, 0.29) is 18.4 Å². The van der Waals surface area contributed by atoms with E-state index in [1.807, 2.05) is 25.3 Å². The van der Waals surface area contributed by atoms with E-state index in [4.69, 9.17) is 5.73 Å². The highest BCUT2D eigenvalue weighted by atomic mass is 32.1. The van der Waals surface area contributed by atoms with Crippen LogP contribution in [-0.4, -0.2) is 35.0 Å². The lowest BCUT2D eigenvalue weighted by atomic mass is 9.92. The Kier molecular flexibility index (Phi) is 5.00. The fourth-order valence-corrected chi connectivity index (χ4v) is 3.83. The van der Waals surface area contributed by atoms with Crippen LogP contribution in [0.3, 0.4) is 0 Å². The van der Waals surface area contributed by atoms with Crippen LogP contribution < -0.4 is 5.73 Å². The molecule has 1 aliphatic heterocycles. The Morgan fingerprint density at radius 3 is 2.81 bits per heavy atom. The van der Waals surface area contributed by atoms with Gasteiger partial charge in [-0.25, -0.2) is 4.79 Å². The number of carboxylic acid groups (broad SMARTS) is 1. The van der Waals surface area contributed by atoms with Gasteiger partial charge in [-0.15, -0.1) is 11.3 Å². The van der Waals surface area contributed by atoms with Gasteiger partial charge in [0.1, 0.15) is 0 Å². The van der Waals surface area contributed by atoms with Crippen LogP contribution in [0.2, 0.25) is 0 Å². The molecule has 2 rings (SSSR count). The van der Waals surface area contributed by atoms with Crippen molar-refractivity contribution in [3.63, 3.8) is 0 Å². The normalized spacial score (nSPS) is 19.4. The third-order valence-corrected chi connectivity index (χ3v) is 4.87. The smallest absolute Gasteiger partial charge is 0.331 e. The fraction of sp³-hybridized carbons (Fsp3) is 0.600. The topological polar surface area (TPSA) is 83.6 Å². The SMILES string of the molecule is CC(C)CC(CN)C(=O)N1CCc2sccc2C1C(=O)O. The average molecular weight is 310 g/mol. The monoisotopic (exact) mass is 310 g/mol. The van der Waals surface area contributed by atoms with Crippen molar-refractivity contribution in [1.82, 2.24) is 4.90 Å². The minimum Gasteiger partial charge on any atom is -0.479 e. The second kappa shape index (κ2) is 6.58. The van der Waals surface area contributed by atoms with Crippen LogP contribution in [0.5, 0.6) is 0 Å². The molecule has 1 aromatic rings. The molecule has 21 heavy (non-hydrogen) atoms. The first-order valence-electron chi connectivity index (χ1n) is 7.25. The van der Waals surface area contributed by atoms with E-state index in [9.17, 15) is 14.7 Å². The highest BCUT2D eigenvalue weighted by molar-refractivity contribution is 7.10. The summed E-state index contributed by atoms with van der Waals surface area (Å²) in [6, 6.07) is 0.951. The number of fused-ring (bicyclic) bond motifs is 1. The van der Waals surface area contributed by atoms with Gasteiger partial charge in [0.25, 0.3) is 0 Å². The number of carbonyl (C=O) groups is 2. The predicted molar refractivity (Wildman–Crippen MR) is 82.1 cm³/mol. The van der Waals surface area contributed by atoms with Crippen LogP contribution >= 0.6 is 11.3 Å². The summed E-state index contributed by atoms with van der Waals surface area (Å²) in [5.74, 6) is -1.04. The Balaban J connectivity index is 2.26. The average Bonchev–Trinajstić information content (AvgIpc) is 2.90. The van der Waals surface area contributed by atoms with E-state index in [0.717, 1.165) is 16.9 Å². The number of thiophene rings is 1. The van der Waals surface area contributed by atoms with E-state index < -0.39 is 12.0 Å². The molecule has 1 aromatic heterocycles. The van der Waals surface area contributed by atoms with Gasteiger partial charge in [-0.3, -0.25) is 4.79 Å². The number of nitrogens with zero attached hydrogens (tertiary/aromatic N) is 1. The minimum atomic E-state index is -0.969. The lowest BCUT2D eigenvalue weighted by molar-refractivity contribution is -0.153. The molecule has 2 atom stereocenters. The molecular weight excluding hydrogens is 288 g/mol. The molecule has 1 aliphatic rings. The molecule has 0 saturated carbocycles. The number of nitrogens with two attached hydrogens (primary N) is 1. The summed E-state index contributed by atoms with van der Waals surface area (Å²) in [6.07, 6.45) is 1.41. The predicted octanol–water partition coefficient (Wildman–Crippen LogP) is 1.88. The van der Waals surface area contributed by atoms with Gasteiger partial charge in [0.2, 0.25) is 5.91 Å². The van der Waals surface area contributed by atoms with E-state index in [1.165, 1.54) is 4.90 Å². The van der Waals surface area contributed by atoms with Crippen molar-refractivity contribution in [2.75, 3.05) is 13.1 Å². The minimum absolute atomic E-state index is 0.129. The van der Waals surface area contributed by atoms with Gasteiger partial charge in [0.05, 0.1) is 5.92 Å². The van der Waals surface area contributed by atoms with Crippen molar-refractivity contribution >= 4 is 23.2 Å². The Labute approximate surface area is 128 Å². The van der Waals surface area contributed by atoms with Gasteiger partial charge in [0, 0.05) is 18.0 Å². The van der Waals surface area contributed by atoms with Crippen LogP contribution in [0.15, 0.2) is 11.4 Å². The molecule has 2 heterocycles. The molecule has 0 aliphatic carbocycles. The summed E-state index contributed by atoms with van der Waals surface area (Å²) in [7, 11) is 0. The van der Waals surface area contributed by atoms with E-state index >= 15 is 0 Å². The van der Waals surface area contributed by atoms with Crippen LogP contribution in [0, 0.1) is 11.8 Å². The number of carbonyl (C=O) groups excluding carboxylic acids is 1.